The lowest BCUT2D eigenvalue weighted by molar-refractivity contribution is -0.150. The highest BCUT2D eigenvalue weighted by Crippen LogP contribution is 2.35. The Hall–Kier alpha value is -1.72. The van der Waals surface area contributed by atoms with Crippen molar-refractivity contribution in [2.24, 2.45) is 5.92 Å². The van der Waals surface area contributed by atoms with Crippen molar-refractivity contribution in [3.63, 3.8) is 0 Å². The normalized spacial score (nSPS) is 15.2. The average molecular weight is 306 g/mol. The van der Waals surface area contributed by atoms with Crippen molar-refractivity contribution < 1.29 is 19.1 Å². The summed E-state index contributed by atoms with van der Waals surface area (Å²) in [6.45, 7) is 1.89. The molecule has 0 aliphatic heterocycles. The lowest BCUT2D eigenvalue weighted by Crippen LogP contribution is -2.31. The van der Waals surface area contributed by atoms with E-state index in [-0.39, 0.29) is 5.25 Å². The molecule has 21 heavy (non-hydrogen) atoms. The molecule has 0 saturated carbocycles. The second-order valence-corrected chi connectivity index (χ2v) is 6.10. The number of methoxy groups -OCH3 is 1. The second-order valence-electron chi connectivity index (χ2n) is 4.65. The van der Waals surface area contributed by atoms with Gasteiger partial charge in [-0.2, -0.15) is 0 Å². The van der Waals surface area contributed by atoms with E-state index in [9.17, 15) is 9.90 Å². The maximum Gasteiger partial charge on any atom is 0.312 e. The Morgan fingerprint density at radius 3 is 2.52 bits per heavy atom. The van der Waals surface area contributed by atoms with Crippen molar-refractivity contribution in [1.29, 1.82) is 0 Å². The number of furan rings is 1. The van der Waals surface area contributed by atoms with Gasteiger partial charge in [0.25, 0.3) is 0 Å². The van der Waals surface area contributed by atoms with Gasteiger partial charge in [-0.05, 0) is 24.3 Å². The molecular weight excluding hydrogens is 288 g/mol. The van der Waals surface area contributed by atoms with E-state index in [2.05, 4.69) is 0 Å². The summed E-state index contributed by atoms with van der Waals surface area (Å²) >= 11 is 1.52. The molecule has 4 nitrogen and oxygen atoms in total. The third kappa shape index (κ3) is 3.89. The summed E-state index contributed by atoms with van der Waals surface area (Å²) in [7, 11) is 1.32. The number of ether oxygens (including phenoxy) is 1. The van der Waals surface area contributed by atoms with Crippen LogP contribution >= 0.6 is 11.8 Å². The molecule has 0 fully saturated rings. The van der Waals surface area contributed by atoms with Crippen molar-refractivity contribution >= 4 is 17.7 Å². The highest BCUT2D eigenvalue weighted by atomic mass is 32.2. The van der Waals surface area contributed by atoms with Gasteiger partial charge in [0.15, 0.2) is 0 Å². The van der Waals surface area contributed by atoms with E-state index in [0.717, 1.165) is 4.90 Å². The number of carbonyl (C=O) groups excluding carboxylic acids is 1. The fraction of sp³-hybridized carbons (Fsp3) is 0.312. The number of hydrogen-bond donors (Lipinski definition) is 1. The number of rotatable bonds is 6. The monoisotopic (exact) mass is 306 g/mol. The Balaban J connectivity index is 2.17. The number of hydrogen-bond acceptors (Lipinski definition) is 5. The molecule has 1 aromatic carbocycles. The molecule has 0 saturated heterocycles. The van der Waals surface area contributed by atoms with Crippen LogP contribution < -0.4 is 0 Å². The number of aliphatic hydroxyl groups excluding tert-OH is 1. The third-order valence-corrected chi connectivity index (χ3v) is 4.43. The first-order valence-electron chi connectivity index (χ1n) is 6.64. The molecule has 3 atom stereocenters. The van der Waals surface area contributed by atoms with Gasteiger partial charge in [0.2, 0.25) is 0 Å². The van der Waals surface area contributed by atoms with Crippen molar-refractivity contribution in [2.75, 3.05) is 7.11 Å². The molecule has 0 amide bonds. The van der Waals surface area contributed by atoms with Gasteiger partial charge in [-0.15, -0.1) is 11.8 Å². The zero-order valence-electron chi connectivity index (χ0n) is 11.9. The first kappa shape index (κ1) is 15.7. The van der Waals surface area contributed by atoms with E-state index >= 15 is 0 Å². The van der Waals surface area contributed by atoms with Crippen LogP contribution in [-0.2, 0) is 9.53 Å². The number of carbonyl (C=O) groups is 1. The van der Waals surface area contributed by atoms with Gasteiger partial charge in [-0.1, -0.05) is 25.1 Å². The van der Waals surface area contributed by atoms with Crippen LogP contribution in [-0.4, -0.2) is 23.4 Å². The molecule has 5 heteroatoms. The molecule has 2 rings (SSSR count). The van der Waals surface area contributed by atoms with Gasteiger partial charge in [0.1, 0.15) is 17.8 Å². The minimum atomic E-state index is -1.03. The van der Waals surface area contributed by atoms with E-state index in [1.54, 1.807) is 12.1 Å². The zero-order valence-corrected chi connectivity index (χ0v) is 12.7. The minimum Gasteiger partial charge on any atom is -0.469 e. The number of esters is 1. The predicted molar refractivity (Wildman–Crippen MR) is 80.9 cm³/mol. The Labute approximate surface area is 128 Å². The number of benzene rings is 1. The van der Waals surface area contributed by atoms with Crippen LogP contribution in [0.5, 0.6) is 0 Å². The summed E-state index contributed by atoms with van der Waals surface area (Å²) in [6, 6.07) is 13.1. The summed E-state index contributed by atoms with van der Waals surface area (Å²) in [5.41, 5.74) is 0. The van der Waals surface area contributed by atoms with Crippen LogP contribution in [0.4, 0.5) is 0 Å². The third-order valence-electron chi connectivity index (χ3n) is 3.22. The highest BCUT2D eigenvalue weighted by molar-refractivity contribution is 8.00. The highest BCUT2D eigenvalue weighted by Gasteiger charge is 2.36. The molecule has 0 aliphatic carbocycles. The van der Waals surface area contributed by atoms with Crippen LogP contribution in [0, 0.1) is 5.92 Å². The quantitative estimate of drug-likeness (QED) is 0.655. The van der Waals surface area contributed by atoms with E-state index in [1.165, 1.54) is 25.1 Å². The van der Waals surface area contributed by atoms with E-state index in [0.29, 0.717) is 5.76 Å². The summed E-state index contributed by atoms with van der Waals surface area (Å²) in [4.78, 5) is 13.1. The van der Waals surface area contributed by atoms with Gasteiger partial charge >= 0.3 is 5.97 Å². The molecule has 112 valence electrons. The lowest BCUT2D eigenvalue weighted by Gasteiger charge is -2.24. The van der Waals surface area contributed by atoms with E-state index in [1.807, 2.05) is 37.3 Å². The van der Waals surface area contributed by atoms with Gasteiger partial charge in [-0.25, -0.2) is 0 Å². The van der Waals surface area contributed by atoms with Crippen molar-refractivity contribution in [2.45, 2.75) is 23.2 Å². The first-order valence-corrected chi connectivity index (χ1v) is 7.52. The molecule has 0 aliphatic rings. The first-order chi connectivity index (χ1) is 10.1. The van der Waals surface area contributed by atoms with Crippen LogP contribution in [0.15, 0.2) is 58.0 Å². The van der Waals surface area contributed by atoms with Gasteiger partial charge in [0.05, 0.1) is 13.4 Å². The van der Waals surface area contributed by atoms with Gasteiger partial charge in [0, 0.05) is 10.1 Å². The summed E-state index contributed by atoms with van der Waals surface area (Å²) < 4.78 is 10.0. The topological polar surface area (TPSA) is 59.7 Å². The van der Waals surface area contributed by atoms with E-state index < -0.39 is 18.0 Å². The van der Waals surface area contributed by atoms with Crippen molar-refractivity contribution in [3.05, 3.63) is 54.5 Å². The molecule has 1 aromatic heterocycles. The van der Waals surface area contributed by atoms with Crippen molar-refractivity contribution in [3.8, 4) is 0 Å². The lowest BCUT2D eigenvalue weighted by atomic mass is 9.97. The fourth-order valence-corrected chi connectivity index (χ4v) is 3.29. The smallest absolute Gasteiger partial charge is 0.312 e. The maximum atomic E-state index is 12.0. The molecule has 0 spiro atoms. The molecule has 1 heterocycles. The SMILES string of the molecule is COC(=O)[C@H](C(O)c1ccco1)[C@@H](C)Sc1ccccc1. The van der Waals surface area contributed by atoms with Crippen LogP contribution in [0.2, 0.25) is 0 Å². The molecular formula is C16H18O4S. The van der Waals surface area contributed by atoms with E-state index in [4.69, 9.17) is 9.15 Å². The summed E-state index contributed by atoms with van der Waals surface area (Å²) in [5.74, 6) is -0.785. The standard InChI is InChI=1S/C16H18O4S/c1-11(21-12-7-4-3-5-8-12)14(16(18)19-2)15(17)13-9-6-10-20-13/h3-11,14-15,17H,1-2H3/t11-,14+,15?/m1/s1. The predicted octanol–water partition coefficient (Wildman–Crippen LogP) is 3.28. The fourth-order valence-electron chi connectivity index (χ4n) is 2.14. The van der Waals surface area contributed by atoms with Crippen molar-refractivity contribution in [1.82, 2.24) is 0 Å². The molecule has 1 unspecified atom stereocenters. The Morgan fingerprint density at radius 2 is 1.95 bits per heavy atom. The van der Waals surface area contributed by atoms with Gasteiger partial charge in [-0.3, -0.25) is 4.79 Å². The molecule has 2 aromatic rings. The Bertz CT molecular complexity index is 553. The van der Waals surface area contributed by atoms with Gasteiger partial charge < -0.3 is 14.3 Å². The number of aliphatic hydroxyl groups is 1. The molecule has 1 N–H and O–H groups in total. The maximum absolute atomic E-state index is 12.0. The molecule has 0 radical (unpaired) electrons. The minimum absolute atomic E-state index is 0.167. The van der Waals surface area contributed by atoms with Crippen LogP contribution in [0.1, 0.15) is 18.8 Å². The summed E-state index contributed by atoms with van der Waals surface area (Å²) in [6.07, 6.45) is 0.445. The van der Waals surface area contributed by atoms with Crippen LogP contribution in [0.3, 0.4) is 0 Å². The zero-order chi connectivity index (χ0) is 15.2. The Kier molecular flexibility index (Phi) is 5.47. The Morgan fingerprint density at radius 1 is 1.24 bits per heavy atom. The van der Waals surface area contributed by atoms with Crippen LogP contribution in [0.25, 0.3) is 0 Å². The average Bonchev–Trinajstić information content (AvgIpc) is 3.02. The second kappa shape index (κ2) is 7.33. The number of thioether (sulfide) groups is 1. The summed E-state index contributed by atoms with van der Waals surface area (Å²) in [5, 5.41) is 10.2. The largest absolute Gasteiger partial charge is 0.469 e. The molecule has 0 bridgehead atoms.